The van der Waals surface area contributed by atoms with Crippen molar-refractivity contribution in [3.63, 3.8) is 0 Å². The van der Waals surface area contributed by atoms with Crippen molar-refractivity contribution in [3.8, 4) is 0 Å². The number of carbonyl (C=O) groups excluding carboxylic acids is 3. The number of hydrogen-bond donors (Lipinski definition) is 3. The van der Waals surface area contributed by atoms with Crippen LogP contribution in [0.5, 0.6) is 0 Å². The molecule has 23 heavy (non-hydrogen) atoms. The van der Waals surface area contributed by atoms with Crippen LogP contribution >= 0.6 is 35.0 Å². The number of amides is 4. The van der Waals surface area contributed by atoms with Crippen LogP contribution in [0.2, 0.25) is 10.0 Å². The summed E-state index contributed by atoms with van der Waals surface area (Å²) in [5.41, 5.74) is 0. The summed E-state index contributed by atoms with van der Waals surface area (Å²) in [6.45, 7) is -0.215. The van der Waals surface area contributed by atoms with Crippen LogP contribution in [0.15, 0.2) is 23.1 Å². The van der Waals surface area contributed by atoms with E-state index in [9.17, 15) is 22.8 Å². The van der Waals surface area contributed by atoms with Crippen molar-refractivity contribution >= 4 is 62.2 Å². The molecule has 1 fully saturated rings. The van der Waals surface area contributed by atoms with Crippen molar-refractivity contribution < 1.29 is 22.8 Å². The Morgan fingerprint density at radius 2 is 2.00 bits per heavy atom. The van der Waals surface area contributed by atoms with Crippen molar-refractivity contribution in [1.29, 1.82) is 0 Å². The molecule has 1 aliphatic rings. The second-order valence-corrected chi connectivity index (χ2v) is 7.94. The molecule has 124 valence electrons. The minimum atomic E-state index is -4.24. The molecule has 0 aromatic heterocycles. The lowest BCUT2D eigenvalue weighted by Gasteiger charge is -2.11. The van der Waals surface area contributed by atoms with Gasteiger partial charge in [0.15, 0.2) is 0 Å². The third kappa shape index (κ3) is 4.50. The molecular weight excluding hydrogens is 389 g/mol. The van der Waals surface area contributed by atoms with Gasteiger partial charge < -0.3 is 5.32 Å². The van der Waals surface area contributed by atoms with E-state index in [4.69, 9.17) is 23.2 Å². The Morgan fingerprint density at radius 3 is 2.61 bits per heavy atom. The molecule has 1 unspecified atom stereocenters. The molecular formula is C11H9Cl2N3O5S2. The zero-order valence-electron chi connectivity index (χ0n) is 11.1. The molecule has 2 rings (SSSR count). The molecule has 12 heteroatoms. The summed E-state index contributed by atoms with van der Waals surface area (Å²) < 4.78 is 25.9. The van der Waals surface area contributed by atoms with Gasteiger partial charge in [0, 0.05) is 11.6 Å². The van der Waals surface area contributed by atoms with Crippen LogP contribution in [0.1, 0.15) is 0 Å². The first-order valence-electron chi connectivity index (χ1n) is 5.96. The zero-order chi connectivity index (χ0) is 17.2. The average molecular weight is 398 g/mol. The summed E-state index contributed by atoms with van der Waals surface area (Å²) in [5, 5.41) is 2.92. The number of imide groups is 1. The highest BCUT2D eigenvalue weighted by atomic mass is 35.5. The second kappa shape index (κ2) is 6.95. The standard InChI is InChI=1S/C11H9Cl2N3O5S2/c12-5-1-2-6(13)8(3-5)23(20,21)16-10(18)14-4-7-9(17)15-11(19)22-7/h1-3,7H,4H2,(H2,14,16,18)(H,15,17,19). The maximum atomic E-state index is 12.1. The lowest BCUT2D eigenvalue weighted by molar-refractivity contribution is -0.118. The molecule has 4 amide bonds. The zero-order valence-corrected chi connectivity index (χ0v) is 14.3. The lowest BCUT2D eigenvalue weighted by atomic mass is 10.4. The number of sulfonamides is 1. The van der Waals surface area contributed by atoms with E-state index in [1.54, 1.807) is 4.72 Å². The summed E-state index contributed by atoms with van der Waals surface area (Å²) in [7, 11) is -4.24. The number of urea groups is 1. The number of rotatable bonds is 4. The molecule has 8 nitrogen and oxygen atoms in total. The van der Waals surface area contributed by atoms with Crippen LogP contribution in [0.3, 0.4) is 0 Å². The molecule has 1 aliphatic heterocycles. The normalized spacial score (nSPS) is 17.7. The van der Waals surface area contributed by atoms with Crippen LogP contribution in [-0.2, 0) is 14.8 Å². The number of carbonyl (C=O) groups is 3. The Labute approximate surface area is 145 Å². The second-order valence-electron chi connectivity index (χ2n) is 4.27. The molecule has 1 atom stereocenters. The first-order valence-corrected chi connectivity index (χ1v) is 9.08. The third-order valence-corrected chi connectivity index (χ3v) is 5.65. The number of hydrogen-bond acceptors (Lipinski definition) is 6. The smallest absolute Gasteiger partial charge is 0.328 e. The van der Waals surface area contributed by atoms with Crippen LogP contribution in [-0.4, -0.2) is 37.4 Å². The van der Waals surface area contributed by atoms with Crippen molar-refractivity contribution in [2.24, 2.45) is 0 Å². The molecule has 0 saturated carbocycles. The highest BCUT2D eigenvalue weighted by Gasteiger charge is 2.32. The number of halogens is 2. The number of thioether (sulfide) groups is 1. The Balaban J connectivity index is 2.00. The SMILES string of the molecule is O=C(NCC1SC(=O)NC1=O)NS(=O)(=O)c1cc(Cl)ccc1Cl. The molecule has 0 radical (unpaired) electrons. The molecule has 0 aliphatic carbocycles. The van der Waals surface area contributed by atoms with E-state index in [2.05, 4.69) is 5.32 Å². The Hall–Kier alpha value is -1.49. The largest absolute Gasteiger partial charge is 0.336 e. The minimum absolute atomic E-state index is 0.106. The van der Waals surface area contributed by atoms with Gasteiger partial charge in [-0.15, -0.1) is 0 Å². The van der Waals surface area contributed by atoms with Crippen LogP contribution < -0.4 is 15.4 Å². The summed E-state index contributed by atoms with van der Waals surface area (Å²) in [5.74, 6) is -0.555. The van der Waals surface area contributed by atoms with Gasteiger partial charge in [0.25, 0.3) is 15.3 Å². The highest BCUT2D eigenvalue weighted by molar-refractivity contribution is 8.15. The van der Waals surface area contributed by atoms with Gasteiger partial charge >= 0.3 is 6.03 Å². The monoisotopic (exact) mass is 397 g/mol. The maximum Gasteiger partial charge on any atom is 0.328 e. The lowest BCUT2D eigenvalue weighted by Crippen LogP contribution is -2.43. The highest BCUT2D eigenvalue weighted by Crippen LogP contribution is 2.24. The van der Waals surface area contributed by atoms with Gasteiger partial charge in [0.1, 0.15) is 10.1 Å². The number of benzene rings is 1. The van der Waals surface area contributed by atoms with E-state index in [0.717, 1.165) is 6.07 Å². The van der Waals surface area contributed by atoms with Crippen molar-refractivity contribution in [2.45, 2.75) is 10.1 Å². The summed E-state index contributed by atoms with van der Waals surface area (Å²) in [6.07, 6.45) is 0. The quantitative estimate of drug-likeness (QED) is 0.704. The Bertz CT molecular complexity index is 784. The minimum Gasteiger partial charge on any atom is -0.336 e. The summed E-state index contributed by atoms with van der Waals surface area (Å²) >= 11 is 12.2. The van der Waals surface area contributed by atoms with E-state index in [1.807, 2.05) is 5.32 Å². The van der Waals surface area contributed by atoms with Gasteiger partial charge in [0.2, 0.25) is 5.91 Å². The molecule has 1 saturated heterocycles. The van der Waals surface area contributed by atoms with Crippen molar-refractivity contribution in [3.05, 3.63) is 28.2 Å². The first kappa shape index (κ1) is 17.9. The summed E-state index contributed by atoms with van der Waals surface area (Å²) in [4.78, 5) is 33.6. The van der Waals surface area contributed by atoms with Crippen molar-refractivity contribution in [1.82, 2.24) is 15.4 Å². The Kier molecular flexibility index (Phi) is 5.40. The third-order valence-electron chi connectivity index (χ3n) is 2.62. The molecule has 1 aromatic carbocycles. The van der Waals surface area contributed by atoms with E-state index in [0.29, 0.717) is 11.8 Å². The van der Waals surface area contributed by atoms with Gasteiger partial charge in [0.05, 0.1) is 5.02 Å². The molecule has 3 N–H and O–H groups in total. The number of nitrogens with one attached hydrogen (secondary N) is 3. The fourth-order valence-corrected chi connectivity index (χ4v) is 4.05. The molecule has 0 bridgehead atoms. The van der Waals surface area contributed by atoms with Crippen LogP contribution in [0, 0.1) is 0 Å². The first-order chi connectivity index (χ1) is 10.7. The van der Waals surface area contributed by atoms with Crippen LogP contribution in [0.4, 0.5) is 9.59 Å². The van der Waals surface area contributed by atoms with Gasteiger partial charge in [-0.25, -0.2) is 17.9 Å². The van der Waals surface area contributed by atoms with E-state index in [1.165, 1.54) is 12.1 Å². The van der Waals surface area contributed by atoms with Gasteiger partial charge in [-0.05, 0) is 30.0 Å². The molecule has 1 heterocycles. The molecule has 1 aromatic rings. The van der Waals surface area contributed by atoms with Gasteiger partial charge in [-0.1, -0.05) is 23.2 Å². The van der Waals surface area contributed by atoms with Crippen molar-refractivity contribution in [2.75, 3.05) is 6.54 Å². The predicted molar refractivity (Wildman–Crippen MR) is 85.1 cm³/mol. The summed E-state index contributed by atoms with van der Waals surface area (Å²) in [6, 6.07) is 2.71. The van der Waals surface area contributed by atoms with E-state index >= 15 is 0 Å². The Morgan fingerprint density at radius 1 is 1.30 bits per heavy atom. The maximum absolute atomic E-state index is 12.1. The van der Waals surface area contributed by atoms with Gasteiger partial charge in [-0.3, -0.25) is 14.9 Å². The van der Waals surface area contributed by atoms with Gasteiger partial charge in [-0.2, -0.15) is 0 Å². The van der Waals surface area contributed by atoms with E-state index in [-0.39, 0.29) is 21.5 Å². The van der Waals surface area contributed by atoms with Crippen LogP contribution in [0.25, 0.3) is 0 Å². The predicted octanol–water partition coefficient (Wildman–Crippen LogP) is 1.33. The topological polar surface area (TPSA) is 121 Å². The van der Waals surface area contributed by atoms with E-state index < -0.39 is 32.5 Å². The fraction of sp³-hybridized carbons (Fsp3) is 0.182. The average Bonchev–Trinajstić information content (AvgIpc) is 2.77. The molecule has 0 spiro atoms. The fourth-order valence-electron chi connectivity index (χ4n) is 1.61.